The van der Waals surface area contributed by atoms with E-state index in [0.717, 1.165) is 29.3 Å². The number of rotatable bonds is 3. The molecule has 0 saturated carbocycles. The van der Waals surface area contributed by atoms with E-state index in [1.165, 1.54) is 12.1 Å². The van der Waals surface area contributed by atoms with E-state index < -0.39 is 17.7 Å². The lowest BCUT2D eigenvalue weighted by atomic mass is 9.89. The van der Waals surface area contributed by atoms with Gasteiger partial charge >= 0.3 is 6.18 Å². The molecule has 1 fully saturated rings. The van der Waals surface area contributed by atoms with Gasteiger partial charge in [0.05, 0.1) is 11.5 Å². The first-order valence-electron chi connectivity index (χ1n) is 9.34. The molecule has 6 heteroatoms. The number of anilines is 1. The second-order valence-corrected chi connectivity index (χ2v) is 7.01. The molecule has 3 aromatic rings. The minimum Gasteiger partial charge on any atom is -0.312 e. The zero-order valence-electron chi connectivity index (χ0n) is 15.5. The van der Waals surface area contributed by atoms with Crippen molar-refractivity contribution >= 4 is 11.6 Å². The normalized spacial score (nSPS) is 17.4. The third-order valence-corrected chi connectivity index (χ3v) is 5.16. The van der Waals surface area contributed by atoms with Gasteiger partial charge in [-0.05, 0) is 65.9 Å². The van der Waals surface area contributed by atoms with Crippen LogP contribution in [0, 0.1) is 6.07 Å². The fourth-order valence-electron chi connectivity index (χ4n) is 3.64. The summed E-state index contributed by atoms with van der Waals surface area (Å²) < 4.78 is 38.3. The average molecular weight is 395 g/mol. The quantitative estimate of drug-likeness (QED) is 0.589. The van der Waals surface area contributed by atoms with Crippen LogP contribution in [0.1, 0.15) is 29.9 Å². The summed E-state index contributed by atoms with van der Waals surface area (Å²) >= 11 is 0. The van der Waals surface area contributed by atoms with Crippen LogP contribution in [0.4, 0.5) is 18.9 Å². The summed E-state index contributed by atoms with van der Waals surface area (Å²) in [5, 5.41) is 0. The molecule has 1 saturated heterocycles. The minimum atomic E-state index is -4.43. The Balaban J connectivity index is 1.54. The number of aromatic nitrogens is 1. The van der Waals surface area contributed by atoms with Gasteiger partial charge in [0.2, 0.25) is 5.91 Å². The monoisotopic (exact) mass is 395 g/mol. The molecule has 0 spiro atoms. The van der Waals surface area contributed by atoms with Crippen molar-refractivity contribution in [1.29, 1.82) is 0 Å². The Morgan fingerprint density at radius 3 is 2.45 bits per heavy atom. The Morgan fingerprint density at radius 2 is 1.83 bits per heavy atom. The predicted octanol–water partition coefficient (Wildman–Crippen LogP) is 5.48. The molecule has 2 heterocycles. The van der Waals surface area contributed by atoms with Crippen LogP contribution in [-0.4, -0.2) is 17.4 Å². The third-order valence-electron chi connectivity index (χ3n) is 5.16. The summed E-state index contributed by atoms with van der Waals surface area (Å²) in [6.45, 7) is 0.589. The first kappa shape index (κ1) is 19.2. The lowest BCUT2D eigenvalue weighted by Gasteiger charge is -2.32. The fourth-order valence-corrected chi connectivity index (χ4v) is 3.64. The van der Waals surface area contributed by atoms with Crippen molar-refractivity contribution in [3.8, 4) is 11.1 Å². The van der Waals surface area contributed by atoms with E-state index in [9.17, 15) is 18.0 Å². The molecule has 4 rings (SSSR count). The summed E-state index contributed by atoms with van der Waals surface area (Å²) in [6.07, 6.45) is 0.447. The number of pyridine rings is 1. The summed E-state index contributed by atoms with van der Waals surface area (Å²) in [6, 6.07) is 17.4. The van der Waals surface area contributed by atoms with Gasteiger partial charge in [-0.2, -0.15) is 13.2 Å². The number of carbonyl (C=O) groups excluding carboxylic acids is 1. The first-order chi connectivity index (χ1) is 13.9. The Bertz CT molecular complexity index is 983. The van der Waals surface area contributed by atoms with Gasteiger partial charge in [-0.25, -0.2) is 0 Å². The smallest absolute Gasteiger partial charge is 0.312 e. The maximum Gasteiger partial charge on any atom is 0.417 e. The number of carbonyl (C=O) groups is 1. The highest BCUT2D eigenvalue weighted by molar-refractivity contribution is 5.99. The van der Waals surface area contributed by atoms with Crippen molar-refractivity contribution in [2.24, 2.45) is 0 Å². The highest BCUT2D eigenvalue weighted by Crippen LogP contribution is 2.34. The maximum atomic E-state index is 13.0. The van der Waals surface area contributed by atoms with Gasteiger partial charge in [-0.15, -0.1) is 0 Å². The molecule has 1 aliphatic heterocycles. The molecule has 147 valence electrons. The van der Waals surface area contributed by atoms with E-state index >= 15 is 0 Å². The van der Waals surface area contributed by atoms with E-state index in [2.05, 4.69) is 11.1 Å². The molecular formula is C23H18F3N2O. The van der Waals surface area contributed by atoms with Gasteiger partial charge in [-0.3, -0.25) is 9.78 Å². The average Bonchev–Trinajstić information content (AvgIpc) is 2.74. The lowest BCUT2D eigenvalue weighted by molar-refractivity contribution is -0.137. The van der Waals surface area contributed by atoms with E-state index in [1.54, 1.807) is 17.3 Å². The summed E-state index contributed by atoms with van der Waals surface area (Å²) in [7, 11) is 0. The Labute approximate surface area is 166 Å². The van der Waals surface area contributed by atoms with Crippen LogP contribution >= 0.6 is 0 Å². The number of hydrogen-bond donors (Lipinski definition) is 0. The van der Waals surface area contributed by atoms with Gasteiger partial charge in [0.15, 0.2) is 0 Å². The molecule has 29 heavy (non-hydrogen) atoms. The van der Waals surface area contributed by atoms with Gasteiger partial charge in [0, 0.05) is 24.6 Å². The number of nitrogens with zero attached hydrogens (tertiary/aromatic N) is 2. The molecule has 0 bridgehead atoms. The zero-order valence-corrected chi connectivity index (χ0v) is 15.5. The van der Waals surface area contributed by atoms with E-state index in [4.69, 9.17) is 0 Å². The van der Waals surface area contributed by atoms with Crippen LogP contribution < -0.4 is 4.90 Å². The van der Waals surface area contributed by atoms with Crippen LogP contribution in [0.25, 0.3) is 11.1 Å². The van der Waals surface area contributed by atoms with Crippen molar-refractivity contribution in [3.05, 3.63) is 84.2 Å². The van der Waals surface area contributed by atoms with Gasteiger partial charge in [0.25, 0.3) is 0 Å². The van der Waals surface area contributed by atoms with E-state index in [1.807, 2.05) is 36.4 Å². The molecule has 1 aromatic heterocycles. The minimum absolute atomic E-state index is 0.0986. The third kappa shape index (κ3) is 4.01. The van der Waals surface area contributed by atoms with Gasteiger partial charge in [-0.1, -0.05) is 24.3 Å². The molecule has 1 amide bonds. The molecule has 2 aromatic carbocycles. The van der Waals surface area contributed by atoms with Crippen LogP contribution in [0.15, 0.2) is 67.0 Å². The Morgan fingerprint density at radius 1 is 1.03 bits per heavy atom. The second-order valence-electron chi connectivity index (χ2n) is 7.01. The van der Waals surface area contributed by atoms with Crippen LogP contribution in [0.3, 0.4) is 0 Å². The molecular weight excluding hydrogens is 377 g/mol. The number of benzene rings is 2. The summed E-state index contributed by atoms with van der Waals surface area (Å²) in [4.78, 5) is 18.9. The molecule has 1 unspecified atom stereocenters. The number of alkyl halides is 3. The molecule has 3 nitrogen and oxygen atoms in total. The Hall–Kier alpha value is -3.15. The zero-order chi connectivity index (χ0) is 20.4. The van der Waals surface area contributed by atoms with Gasteiger partial charge in [0.1, 0.15) is 0 Å². The lowest BCUT2D eigenvalue weighted by Crippen LogP contribution is -2.40. The van der Waals surface area contributed by atoms with Crippen molar-refractivity contribution in [2.75, 3.05) is 11.4 Å². The predicted molar refractivity (Wildman–Crippen MR) is 104 cm³/mol. The molecule has 1 aliphatic rings. The molecule has 1 atom stereocenters. The van der Waals surface area contributed by atoms with Gasteiger partial charge < -0.3 is 4.90 Å². The van der Waals surface area contributed by atoms with Crippen LogP contribution in [0.5, 0.6) is 0 Å². The Kier molecular flexibility index (Phi) is 5.09. The second kappa shape index (κ2) is 7.70. The maximum absolute atomic E-state index is 13.0. The van der Waals surface area contributed by atoms with E-state index in [-0.39, 0.29) is 5.91 Å². The van der Waals surface area contributed by atoms with Crippen molar-refractivity contribution in [1.82, 2.24) is 4.98 Å². The number of hydrogen-bond acceptors (Lipinski definition) is 2. The molecule has 1 radical (unpaired) electrons. The number of piperidine rings is 1. The highest BCUT2D eigenvalue weighted by Gasteiger charge is 2.33. The van der Waals surface area contributed by atoms with Crippen LogP contribution in [0.2, 0.25) is 0 Å². The number of halogens is 3. The van der Waals surface area contributed by atoms with Crippen molar-refractivity contribution in [2.45, 2.75) is 24.9 Å². The number of amides is 1. The fraction of sp³-hybridized carbons (Fsp3) is 0.217. The molecule has 0 aliphatic carbocycles. The molecule has 0 N–H and O–H groups in total. The summed E-state index contributed by atoms with van der Waals surface area (Å²) in [5.74, 6) is -0.557. The summed E-state index contributed by atoms with van der Waals surface area (Å²) in [5.41, 5.74) is 2.51. The largest absolute Gasteiger partial charge is 0.417 e. The van der Waals surface area contributed by atoms with E-state index in [0.29, 0.717) is 18.5 Å². The van der Waals surface area contributed by atoms with Crippen molar-refractivity contribution < 1.29 is 18.0 Å². The highest BCUT2D eigenvalue weighted by atomic mass is 19.4. The topological polar surface area (TPSA) is 33.2 Å². The SMILES string of the molecule is O=C1C(c2c[c]c(C(F)(F)F)cc2)CCCN1c1ccc(-c2cccnc2)cc1. The van der Waals surface area contributed by atoms with Crippen LogP contribution in [-0.2, 0) is 11.0 Å². The first-order valence-corrected chi connectivity index (χ1v) is 9.34. The standard InChI is InChI=1S/C23H18F3N2O/c24-23(25,26)19-9-5-17(6-10-19)21-4-2-14-28(22(21)29)20-11-7-16(8-12-20)18-3-1-13-27-15-18/h1,3,5-9,11-13,15,21H,2,4,14H2. The van der Waals surface area contributed by atoms with Crippen molar-refractivity contribution in [3.63, 3.8) is 0 Å².